The molecule has 0 atom stereocenters. The predicted octanol–water partition coefficient (Wildman–Crippen LogP) is 4.09. The van der Waals surface area contributed by atoms with Gasteiger partial charge < -0.3 is 4.74 Å². The van der Waals surface area contributed by atoms with Crippen LogP contribution in [0.15, 0.2) is 54.7 Å². The highest BCUT2D eigenvalue weighted by Crippen LogP contribution is 2.33. The molecule has 0 unspecified atom stereocenters. The molecule has 0 spiro atoms. The molecule has 1 aliphatic rings. The van der Waals surface area contributed by atoms with Gasteiger partial charge in [-0.1, -0.05) is 41.9 Å². The Labute approximate surface area is 121 Å². The van der Waals surface area contributed by atoms with Crippen molar-refractivity contribution < 1.29 is 4.74 Å². The minimum absolute atomic E-state index is 0.474. The number of benzene rings is 2. The number of fused-ring (bicyclic) bond motifs is 3. The maximum absolute atomic E-state index is 6.08. The fraction of sp³-hybridized carbons (Fsp3) is 0.0625. The van der Waals surface area contributed by atoms with E-state index < -0.39 is 0 Å². The maximum Gasteiger partial charge on any atom is 0.152 e. The van der Waals surface area contributed by atoms with Gasteiger partial charge in [-0.15, -0.1) is 0 Å². The molecule has 1 aromatic heterocycles. The molecule has 0 amide bonds. The zero-order valence-corrected chi connectivity index (χ0v) is 11.3. The van der Waals surface area contributed by atoms with E-state index in [0.29, 0.717) is 11.6 Å². The summed E-state index contributed by atoms with van der Waals surface area (Å²) in [7, 11) is 0. The molecule has 0 saturated carbocycles. The van der Waals surface area contributed by atoms with Gasteiger partial charge in [-0.2, -0.15) is 0 Å². The van der Waals surface area contributed by atoms with Crippen molar-refractivity contribution in [2.45, 2.75) is 6.61 Å². The zero-order chi connectivity index (χ0) is 13.5. The Hall–Kier alpha value is -2.26. The second-order valence-electron chi connectivity index (χ2n) is 4.68. The summed E-state index contributed by atoms with van der Waals surface area (Å²) in [4.78, 5) is 4.64. The molecule has 0 N–H and O–H groups in total. The number of hydrogen-bond acceptors (Lipinski definition) is 2. The molecule has 1 aliphatic heterocycles. The molecular formula is C16H11ClN2O. The van der Waals surface area contributed by atoms with Gasteiger partial charge in [0.25, 0.3) is 0 Å². The third kappa shape index (κ3) is 1.79. The van der Waals surface area contributed by atoms with Crippen LogP contribution in [-0.4, -0.2) is 9.55 Å². The highest BCUT2D eigenvalue weighted by Gasteiger charge is 2.19. The molecule has 2 heterocycles. The Morgan fingerprint density at radius 3 is 2.80 bits per heavy atom. The molecule has 98 valence electrons. The van der Waals surface area contributed by atoms with Crippen LogP contribution < -0.4 is 4.74 Å². The standard InChI is InChI=1S/C16H11ClN2O/c17-12-6-7-15-14(8-12)19-9-13(18-16(19)10-20-15)11-4-2-1-3-5-11/h1-9H,10H2. The van der Waals surface area contributed by atoms with Gasteiger partial charge in [0.1, 0.15) is 12.4 Å². The summed E-state index contributed by atoms with van der Waals surface area (Å²) in [5, 5.41) is 0.690. The monoisotopic (exact) mass is 282 g/mol. The Morgan fingerprint density at radius 1 is 1.10 bits per heavy atom. The Bertz CT molecular complexity index is 780. The molecule has 0 bridgehead atoms. The lowest BCUT2D eigenvalue weighted by atomic mass is 10.2. The second-order valence-corrected chi connectivity index (χ2v) is 5.12. The van der Waals surface area contributed by atoms with E-state index >= 15 is 0 Å². The van der Waals surface area contributed by atoms with E-state index in [2.05, 4.69) is 4.98 Å². The van der Waals surface area contributed by atoms with Crippen molar-refractivity contribution in [1.82, 2.24) is 9.55 Å². The van der Waals surface area contributed by atoms with Crippen LogP contribution in [0.2, 0.25) is 5.02 Å². The molecule has 3 aromatic rings. The third-order valence-corrected chi connectivity index (χ3v) is 3.62. The van der Waals surface area contributed by atoms with E-state index in [1.165, 1.54) is 0 Å². The van der Waals surface area contributed by atoms with Gasteiger partial charge in [0, 0.05) is 16.8 Å². The van der Waals surface area contributed by atoms with Crippen molar-refractivity contribution in [3.63, 3.8) is 0 Å². The first-order valence-electron chi connectivity index (χ1n) is 6.38. The van der Waals surface area contributed by atoms with Crippen molar-refractivity contribution >= 4 is 11.6 Å². The zero-order valence-electron chi connectivity index (χ0n) is 10.6. The molecule has 4 rings (SSSR count). The normalized spacial score (nSPS) is 12.4. The van der Waals surface area contributed by atoms with Crippen LogP contribution in [0.4, 0.5) is 0 Å². The summed E-state index contributed by atoms with van der Waals surface area (Å²) in [5.74, 6) is 1.72. The van der Waals surface area contributed by atoms with Gasteiger partial charge in [-0.05, 0) is 18.2 Å². The molecule has 4 heteroatoms. The molecule has 20 heavy (non-hydrogen) atoms. The Balaban J connectivity index is 1.88. The highest BCUT2D eigenvalue weighted by molar-refractivity contribution is 6.30. The number of aromatic nitrogens is 2. The fourth-order valence-electron chi connectivity index (χ4n) is 2.42. The van der Waals surface area contributed by atoms with E-state index in [4.69, 9.17) is 16.3 Å². The van der Waals surface area contributed by atoms with Gasteiger partial charge in [-0.3, -0.25) is 4.57 Å². The minimum atomic E-state index is 0.474. The summed E-state index contributed by atoms with van der Waals surface area (Å²) >= 11 is 6.08. The molecular weight excluding hydrogens is 272 g/mol. The molecule has 2 aromatic carbocycles. The predicted molar refractivity (Wildman–Crippen MR) is 78.3 cm³/mol. The second kappa shape index (κ2) is 4.39. The lowest BCUT2D eigenvalue weighted by molar-refractivity contribution is 0.279. The van der Waals surface area contributed by atoms with E-state index in [-0.39, 0.29) is 0 Å². The maximum atomic E-state index is 6.08. The molecule has 3 nitrogen and oxygen atoms in total. The van der Waals surface area contributed by atoms with E-state index in [1.54, 1.807) is 0 Å². The minimum Gasteiger partial charge on any atom is -0.483 e. The van der Waals surface area contributed by atoms with Crippen LogP contribution in [0.3, 0.4) is 0 Å². The Kier molecular flexibility index (Phi) is 2.54. The summed E-state index contributed by atoms with van der Waals surface area (Å²) in [6.07, 6.45) is 2.03. The first-order valence-corrected chi connectivity index (χ1v) is 6.75. The molecule has 0 fully saturated rings. The van der Waals surface area contributed by atoms with Gasteiger partial charge in [0.05, 0.1) is 11.4 Å². The SMILES string of the molecule is Clc1ccc2c(c1)-n1cc(-c3ccccc3)nc1CO2. The summed E-state index contributed by atoms with van der Waals surface area (Å²) in [6.45, 7) is 0.474. The summed E-state index contributed by atoms with van der Waals surface area (Å²) in [5.41, 5.74) is 2.98. The first-order chi connectivity index (χ1) is 9.81. The van der Waals surface area contributed by atoms with Crippen molar-refractivity contribution in [2.24, 2.45) is 0 Å². The quantitative estimate of drug-likeness (QED) is 0.672. The van der Waals surface area contributed by atoms with Crippen LogP contribution >= 0.6 is 11.6 Å². The topological polar surface area (TPSA) is 27.1 Å². The summed E-state index contributed by atoms with van der Waals surface area (Å²) < 4.78 is 7.76. The van der Waals surface area contributed by atoms with Gasteiger partial charge in [-0.25, -0.2) is 4.98 Å². The average Bonchev–Trinajstić information content (AvgIpc) is 2.93. The fourth-order valence-corrected chi connectivity index (χ4v) is 2.59. The molecule has 0 radical (unpaired) electrons. The van der Waals surface area contributed by atoms with Crippen molar-refractivity contribution in [1.29, 1.82) is 0 Å². The van der Waals surface area contributed by atoms with Crippen LogP contribution in [-0.2, 0) is 6.61 Å². The average molecular weight is 283 g/mol. The lowest BCUT2D eigenvalue weighted by Gasteiger charge is -2.19. The summed E-state index contributed by atoms with van der Waals surface area (Å²) in [6, 6.07) is 15.7. The smallest absolute Gasteiger partial charge is 0.152 e. The lowest BCUT2D eigenvalue weighted by Crippen LogP contribution is -2.12. The van der Waals surface area contributed by atoms with Crippen LogP contribution in [0.25, 0.3) is 16.9 Å². The van der Waals surface area contributed by atoms with Crippen LogP contribution in [0, 0.1) is 0 Å². The number of halogens is 1. The first kappa shape index (κ1) is 11.6. The van der Waals surface area contributed by atoms with Crippen LogP contribution in [0.5, 0.6) is 5.75 Å². The van der Waals surface area contributed by atoms with Crippen molar-refractivity contribution in [2.75, 3.05) is 0 Å². The third-order valence-electron chi connectivity index (χ3n) is 3.39. The number of ether oxygens (including phenoxy) is 1. The van der Waals surface area contributed by atoms with E-state index in [0.717, 1.165) is 28.5 Å². The van der Waals surface area contributed by atoms with Crippen LogP contribution in [0.1, 0.15) is 5.82 Å². The molecule has 0 saturated heterocycles. The van der Waals surface area contributed by atoms with E-state index in [9.17, 15) is 0 Å². The number of rotatable bonds is 1. The largest absolute Gasteiger partial charge is 0.483 e. The van der Waals surface area contributed by atoms with Gasteiger partial charge >= 0.3 is 0 Å². The molecule has 0 aliphatic carbocycles. The van der Waals surface area contributed by atoms with Gasteiger partial charge in [0.2, 0.25) is 0 Å². The van der Waals surface area contributed by atoms with Crippen molar-refractivity contribution in [3.8, 4) is 22.7 Å². The van der Waals surface area contributed by atoms with Gasteiger partial charge in [0.15, 0.2) is 5.82 Å². The Morgan fingerprint density at radius 2 is 1.95 bits per heavy atom. The van der Waals surface area contributed by atoms with Crippen molar-refractivity contribution in [3.05, 3.63) is 65.6 Å². The van der Waals surface area contributed by atoms with E-state index in [1.807, 2.05) is 59.3 Å². The number of hydrogen-bond donors (Lipinski definition) is 0. The number of imidazole rings is 1. The number of nitrogens with zero attached hydrogens (tertiary/aromatic N) is 2. The highest BCUT2D eigenvalue weighted by atomic mass is 35.5.